The highest BCUT2D eigenvalue weighted by molar-refractivity contribution is 6.02. The first kappa shape index (κ1) is 27.3. The number of benzene rings is 2. The summed E-state index contributed by atoms with van der Waals surface area (Å²) in [6.07, 6.45) is 8.27. The zero-order chi connectivity index (χ0) is 28.6. The maximum atomic E-state index is 14.2. The van der Waals surface area contributed by atoms with Gasteiger partial charge < -0.3 is 29.7 Å². The predicted molar refractivity (Wildman–Crippen MR) is 152 cm³/mol. The lowest BCUT2D eigenvalue weighted by atomic mass is 9.74. The molecule has 5 atom stereocenters. The third-order valence-corrected chi connectivity index (χ3v) is 8.82. The van der Waals surface area contributed by atoms with Crippen LogP contribution in [0.1, 0.15) is 44.6 Å². The number of likely N-dealkylation sites (tertiary alicyclic amines) is 1. The Balaban J connectivity index is 1.29. The third-order valence-electron chi connectivity index (χ3n) is 8.82. The molecule has 2 saturated heterocycles. The number of carbonyl (C=O) groups is 3. The van der Waals surface area contributed by atoms with Crippen molar-refractivity contribution in [2.24, 2.45) is 11.8 Å². The van der Waals surface area contributed by atoms with Crippen LogP contribution in [0, 0.1) is 11.8 Å². The van der Waals surface area contributed by atoms with Crippen molar-refractivity contribution in [1.82, 2.24) is 10.2 Å². The van der Waals surface area contributed by atoms with Crippen molar-refractivity contribution in [2.45, 2.75) is 69.4 Å². The lowest BCUT2D eigenvalue weighted by molar-refractivity contribution is -0.142. The molecular weight excluding hydrogens is 522 g/mol. The first-order valence-electron chi connectivity index (χ1n) is 14.6. The number of fused-ring (bicyclic) bond motifs is 1. The van der Waals surface area contributed by atoms with Gasteiger partial charge in [-0.2, -0.15) is 0 Å². The van der Waals surface area contributed by atoms with E-state index in [1.165, 1.54) is 6.42 Å². The average molecular weight is 560 g/mol. The molecule has 216 valence electrons. The first-order valence-corrected chi connectivity index (χ1v) is 14.6. The Morgan fingerprint density at radius 1 is 1.00 bits per heavy atom. The normalized spacial score (nSPS) is 28.4. The van der Waals surface area contributed by atoms with Crippen LogP contribution in [0.25, 0.3) is 0 Å². The maximum absolute atomic E-state index is 14.2. The Labute approximate surface area is 240 Å². The molecule has 9 nitrogen and oxygen atoms in total. The molecular formula is C32H37N3O6. The molecule has 3 amide bonds. The van der Waals surface area contributed by atoms with Gasteiger partial charge in [0.05, 0.1) is 31.7 Å². The number of nitrogens with one attached hydrogen (secondary N) is 2. The molecule has 2 aromatic carbocycles. The van der Waals surface area contributed by atoms with Crippen molar-refractivity contribution < 1.29 is 28.6 Å². The molecule has 3 fully saturated rings. The Morgan fingerprint density at radius 2 is 1.71 bits per heavy atom. The molecule has 1 aliphatic carbocycles. The highest BCUT2D eigenvalue weighted by Crippen LogP contribution is 2.55. The van der Waals surface area contributed by atoms with Crippen molar-refractivity contribution in [3.63, 3.8) is 0 Å². The largest absolute Gasteiger partial charge is 0.497 e. The number of rotatable bonds is 9. The fraction of sp³-hybridized carbons (Fsp3) is 0.469. The second kappa shape index (κ2) is 11.2. The molecule has 1 saturated carbocycles. The van der Waals surface area contributed by atoms with E-state index in [0.717, 1.165) is 31.2 Å². The molecule has 4 aliphatic rings. The van der Waals surface area contributed by atoms with Gasteiger partial charge >= 0.3 is 0 Å². The summed E-state index contributed by atoms with van der Waals surface area (Å²) in [5.41, 5.74) is 0.264. The van der Waals surface area contributed by atoms with Crippen LogP contribution in [-0.2, 0) is 25.7 Å². The van der Waals surface area contributed by atoms with E-state index in [-0.39, 0.29) is 30.3 Å². The van der Waals surface area contributed by atoms with Gasteiger partial charge in [-0.15, -0.1) is 0 Å². The number of ether oxygens (including phenoxy) is 3. The fourth-order valence-corrected chi connectivity index (χ4v) is 6.92. The van der Waals surface area contributed by atoms with Crippen LogP contribution in [0.3, 0.4) is 0 Å². The summed E-state index contributed by atoms with van der Waals surface area (Å²) in [5, 5.41) is 6.19. The van der Waals surface area contributed by atoms with Gasteiger partial charge in [-0.05, 0) is 61.7 Å². The first-order chi connectivity index (χ1) is 19.9. The summed E-state index contributed by atoms with van der Waals surface area (Å²) in [6.45, 7) is 2.68. The molecule has 2 aromatic rings. The van der Waals surface area contributed by atoms with E-state index in [1.54, 1.807) is 36.3 Å². The summed E-state index contributed by atoms with van der Waals surface area (Å²) in [7, 11) is 1.60. The van der Waals surface area contributed by atoms with Gasteiger partial charge in [-0.3, -0.25) is 14.4 Å². The van der Waals surface area contributed by atoms with Crippen molar-refractivity contribution in [1.29, 1.82) is 0 Å². The van der Waals surface area contributed by atoms with Crippen LogP contribution in [-0.4, -0.2) is 60.1 Å². The van der Waals surface area contributed by atoms with Gasteiger partial charge in [0.25, 0.3) is 0 Å². The average Bonchev–Trinajstić information content (AvgIpc) is 3.62. The Hall–Kier alpha value is -3.85. The van der Waals surface area contributed by atoms with Crippen molar-refractivity contribution in [3.8, 4) is 11.5 Å². The summed E-state index contributed by atoms with van der Waals surface area (Å²) in [4.78, 5) is 43.5. The van der Waals surface area contributed by atoms with Gasteiger partial charge in [-0.25, -0.2) is 0 Å². The fourth-order valence-electron chi connectivity index (χ4n) is 6.92. The molecule has 3 aliphatic heterocycles. The number of hydrogen-bond donors (Lipinski definition) is 2. The molecule has 2 N–H and O–H groups in total. The van der Waals surface area contributed by atoms with E-state index in [4.69, 9.17) is 14.2 Å². The van der Waals surface area contributed by atoms with Crippen LogP contribution >= 0.6 is 0 Å². The molecule has 9 heteroatoms. The monoisotopic (exact) mass is 559 g/mol. The second-order valence-electron chi connectivity index (χ2n) is 11.3. The summed E-state index contributed by atoms with van der Waals surface area (Å²) in [6, 6.07) is 13.8. The van der Waals surface area contributed by atoms with Crippen LogP contribution < -0.4 is 20.1 Å². The SMILES string of the molecule is CCOc1ccc(NC(=O)C2C3C=CC4(O3)C2C(=O)N(Cc2ccc(OC)cc2)C4C(=O)NC2CCCCC2)cc1. The van der Waals surface area contributed by atoms with Gasteiger partial charge in [-0.1, -0.05) is 43.5 Å². The number of hydrogen-bond acceptors (Lipinski definition) is 6. The lowest BCUT2D eigenvalue weighted by Gasteiger charge is -2.34. The molecule has 6 rings (SSSR count). The number of nitrogens with zero attached hydrogens (tertiary/aromatic N) is 1. The molecule has 1 spiro atoms. The van der Waals surface area contributed by atoms with Gasteiger partial charge in [0.2, 0.25) is 17.7 Å². The number of methoxy groups -OCH3 is 1. The number of carbonyl (C=O) groups excluding carboxylic acids is 3. The minimum Gasteiger partial charge on any atom is -0.497 e. The van der Waals surface area contributed by atoms with Gasteiger partial charge in [0.1, 0.15) is 23.1 Å². The highest BCUT2D eigenvalue weighted by atomic mass is 16.5. The minimum absolute atomic E-state index is 0.0750. The van der Waals surface area contributed by atoms with Crippen LogP contribution in [0.5, 0.6) is 11.5 Å². The molecule has 2 bridgehead atoms. The summed E-state index contributed by atoms with van der Waals surface area (Å²) >= 11 is 0. The Morgan fingerprint density at radius 3 is 2.39 bits per heavy atom. The van der Waals surface area contributed by atoms with E-state index >= 15 is 0 Å². The molecule has 0 radical (unpaired) electrons. The van der Waals surface area contributed by atoms with E-state index < -0.39 is 29.6 Å². The van der Waals surface area contributed by atoms with Crippen LogP contribution in [0.4, 0.5) is 5.69 Å². The van der Waals surface area contributed by atoms with E-state index in [9.17, 15) is 14.4 Å². The van der Waals surface area contributed by atoms with Gasteiger partial charge in [0, 0.05) is 18.3 Å². The van der Waals surface area contributed by atoms with Crippen molar-refractivity contribution >= 4 is 23.4 Å². The molecule has 41 heavy (non-hydrogen) atoms. The Bertz CT molecular complexity index is 1320. The maximum Gasteiger partial charge on any atom is 0.246 e. The smallest absolute Gasteiger partial charge is 0.246 e. The highest BCUT2D eigenvalue weighted by Gasteiger charge is 2.72. The van der Waals surface area contributed by atoms with E-state index in [0.29, 0.717) is 23.8 Å². The molecule has 3 heterocycles. The lowest BCUT2D eigenvalue weighted by Crippen LogP contribution is -2.56. The van der Waals surface area contributed by atoms with Crippen LogP contribution in [0.15, 0.2) is 60.7 Å². The second-order valence-corrected chi connectivity index (χ2v) is 11.3. The number of amides is 3. The van der Waals surface area contributed by atoms with Crippen molar-refractivity contribution in [2.75, 3.05) is 19.0 Å². The van der Waals surface area contributed by atoms with Crippen LogP contribution in [0.2, 0.25) is 0 Å². The Kier molecular flexibility index (Phi) is 7.46. The predicted octanol–water partition coefficient (Wildman–Crippen LogP) is 3.83. The molecule has 0 aromatic heterocycles. The third kappa shape index (κ3) is 4.96. The van der Waals surface area contributed by atoms with Crippen molar-refractivity contribution in [3.05, 3.63) is 66.2 Å². The van der Waals surface area contributed by atoms with Gasteiger partial charge in [0.15, 0.2) is 0 Å². The quantitative estimate of drug-likeness (QED) is 0.453. The zero-order valence-corrected chi connectivity index (χ0v) is 23.5. The standard InChI is InChI=1S/C32H37N3O6/c1-3-40-24-15-11-22(12-16-24)33-29(36)26-25-17-18-32(41-25)27(26)31(38)35(19-20-9-13-23(39-2)14-10-20)28(32)30(37)34-21-7-5-4-6-8-21/h9-18,21,25-28H,3-8,19H2,1-2H3,(H,33,36)(H,34,37). The zero-order valence-electron chi connectivity index (χ0n) is 23.5. The number of anilines is 1. The topological polar surface area (TPSA) is 106 Å². The minimum atomic E-state index is -1.20. The summed E-state index contributed by atoms with van der Waals surface area (Å²) < 4.78 is 17.3. The summed E-state index contributed by atoms with van der Waals surface area (Å²) in [5.74, 6) is -0.920. The van der Waals surface area contributed by atoms with E-state index in [2.05, 4.69) is 10.6 Å². The van der Waals surface area contributed by atoms with E-state index in [1.807, 2.05) is 43.3 Å². The molecule has 5 unspecified atom stereocenters.